The number of anilines is 1. The van der Waals surface area contributed by atoms with Crippen molar-refractivity contribution in [2.75, 3.05) is 29.5 Å². The molecule has 2 heterocycles. The second-order valence-electron chi connectivity index (χ2n) is 7.57. The predicted molar refractivity (Wildman–Crippen MR) is 134 cm³/mol. The Morgan fingerprint density at radius 2 is 1.50 bits per heavy atom. The van der Waals surface area contributed by atoms with Gasteiger partial charge in [-0.05, 0) is 43.9 Å². The third-order valence-electron chi connectivity index (χ3n) is 4.96. The van der Waals surface area contributed by atoms with Crippen molar-refractivity contribution in [3.63, 3.8) is 0 Å². The molecule has 10 nitrogen and oxygen atoms in total. The summed E-state index contributed by atoms with van der Waals surface area (Å²) in [6, 6.07) is 7.34. The highest BCUT2D eigenvalue weighted by Crippen LogP contribution is 2.39. The van der Waals surface area contributed by atoms with Crippen LogP contribution in [0.3, 0.4) is 0 Å². The molecule has 2 N–H and O–H groups in total. The molecular weight excluding hydrogens is 524 g/mol. The first-order chi connectivity index (χ1) is 15.9. The molecule has 1 fully saturated rings. The fraction of sp³-hybridized carbons (Fsp3) is 0.400. The molecule has 1 saturated heterocycles. The van der Waals surface area contributed by atoms with E-state index in [1.54, 1.807) is 18.2 Å². The zero-order valence-electron chi connectivity index (χ0n) is 18.0. The number of thioether (sulfide) groups is 1. The molecule has 2 aliphatic heterocycles. The quantitative estimate of drug-likeness (QED) is 0.182. The molecular formula is C20H24N2O8S4. The van der Waals surface area contributed by atoms with Crippen molar-refractivity contribution in [2.45, 2.75) is 25.7 Å². The summed E-state index contributed by atoms with van der Waals surface area (Å²) in [6.07, 6.45) is 4.59. The van der Waals surface area contributed by atoms with Crippen LogP contribution in [-0.2, 0) is 25.0 Å². The molecule has 0 atom stereocenters. The summed E-state index contributed by atoms with van der Waals surface area (Å²) in [5, 5.41) is 0. The van der Waals surface area contributed by atoms with Crippen molar-refractivity contribution in [1.82, 2.24) is 4.90 Å². The number of carbonyl (C=O) groups is 1. The molecule has 0 saturated carbocycles. The number of fused-ring (bicyclic) bond motifs is 1. The summed E-state index contributed by atoms with van der Waals surface area (Å²) in [4.78, 5) is 16.4. The molecule has 0 aliphatic carbocycles. The normalized spacial score (nSPS) is 18.8. The van der Waals surface area contributed by atoms with Crippen LogP contribution in [0.1, 0.15) is 25.7 Å². The predicted octanol–water partition coefficient (Wildman–Crippen LogP) is 2.81. The molecule has 0 bridgehead atoms. The molecule has 2 aliphatic rings. The molecule has 0 aromatic heterocycles. The van der Waals surface area contributed by atoms with Crippen molar-refractivity contribution in [3.8, 4) is 5.75 Å². The Balaban J connectivity index is 1.67. The number of para-hydroxylation sites is 2. The monoisotopic (exact) mass is 548 g/mol. The SMILES string of the molecule is O=C1C(=CC=C2Oc3ccccc3N2CCCCS(=O)(=O)O)SC(=S)N1CCCCS(=O)(=O)O. The summed E-state index contributed by atoms with van der Waals surface area (Å²) < 4.78 is 67.6. The van der Waals surface area contributed by atoms with E-state index in [4.69, 9.17) is 26.1 Å². The van der Waals surface area contributed by atoms with Crippen molar-refractivity contribution >= 4 is 60.1 Å². The highest BCUT2D eigenvalue weighted by Gasteiger charge is 2.32. The number of ether oxygens (including phenoxy) is 1. The van der Waals surface area contributed by atoms with Crippen LogP contribution in [0.25, 0.3) is 0 Å². The first-order valence-electron chi connectivity index (χ1n) is 10.3. The van der Waals surface area contributed by atoms with E-state index in [0.717, 1.165) is 17.4 Å². The summed E-state index contributed by atoms with van der Waals surface area (Å²) in [5.74, 6) is 0.0975. The maximum Gasteiger partial charge on any atom is 0.266 e. The van der Waals surface area contributed by atoms with E-state index in [1.807, 2.05) is 23.1 Å². The third kappa shape index (κ3) is 7.52. The Labute approximate surface area is 208 Å². The van der Waals surface area contributed by atoms with Crippen molar-refractivity contribution in [2.24, 2.45) is 0 Å². The number of amides is 1. The van der Waals surface area contributed by atoms with E-state index in [0.29, 0.717) is 40.2 Å². The first-order valence-corrected chi connectivity index (χ1v) is 14.8. The van der Waals surface area contributed by atoms with E-state index in [2.05, 4.69) is 0 Å². The summed E-state index contributed by atoms with van der Waals surface area (Å²) in [7, 11) is -8.06. The molecule has 14 heteroatoms. The molecule has 34 heavy (non-hydrogen) atoms. The lowest BCUT2D eigenvalue weighted by atomic mass is 10.2. The van der Waals surface area contributed by atoms with Crippen LogP contribution >= 0.6 is 24.0 Å². The van der Waals surface area contributed by atoms with Gasteiger partial charge in [-0.15, -0.1) is 0 Å². The van der Waals surface area contributed by atoms with Crippen LogP contribution in [0.5, 0.6) is 5.75 Å². The fourth-order valence-electron chi connectivity index (χ4n) is 3.37. The topological polar surface area (TPSA) is 142 Å². The highest BCUT2D eigenvalue weighted by atomic mass is 32.2. The van der Waals surface area contributed by atoms with Crippen LogP contribution in [-0.4, -0.2) is 65.7 Å². The number of nitrogens with zero attached hydrogens (tertiary/aromatic N) is 2. The lowest BCUT2D eigenvalue weighted by molar-refractivity contribution is -0.122. The van der Waals surface area contributed by atoms with Gasteiger partial charge in [0.1, 0.15) is 4.32 Å². The Morgan fingerprint density at radius 3 is 2.12 bits per heavy atom. The maximum atomic E-state index is 12.7. The zero-order valence-corrected chi connectivity index (χ0v) is 21.3. The number of allylic oxidation sites excluding steroid dienone is 2. The largest absolute Gasteiger partial charge is 0.439 e. The second-order valence-corrected chi connectivity index (χ2v) is 12.4. The zero-order chi connectivity index (χ0) is 24.9. The van der Waals surface area contributed by atoms with E-state index in [1.165, 1.54) is 4.90 Å². The van der Waals surface area contributed by atoms with Crippen molar-refractivity contribution in [1.29, 1.82) is 0 Å². The Bertz CT molecular complexity index is 1220. The number of benzene rings is 1. The summed E-state index contributed by atoms with van der Waals surface area (Å²) in [5.41, 5.74) is 0.806. The van der Waals surface area contributed by atoms with Gasteiger partial charge in [0.15, 0.2) is 5.75 Å². The van der Waals surface area contributed by atoms with E-state index in [-0.39, 0.29) is 36.8 Å². The van der Waals surface area contributed by atoms with Gasteiger partial charge >= 0.3 is 0 Å². The van der Waals surface area contributed by atoms with Gasteiger partial charge in [0, 0.05) is 19.2 Å². The Hall–Kier alpha value is -1.97. The van der Waals surface area contributed by atoms with Gasteiger partial charge in [0.2, 0.25) is 5.88 Å². The van der Waals surface area contributed by atoms with Gasteiger partial charge in [-0.25, -0.2) is 0 Å². The number of carbonyl (C=O) groups excluding carboxylic acids is 1. The minimum atomic E-state index is -4.04. The fourth-order valence-corrected chi connectivity index (χ4v) is 5.76. The van der Waals surface area contributed by atoms with E-state index in [9.17, 15) is 21.6 Å². The van der Waals surface area contributed by atoms with Crippen molar-refractivity contribution in [3.05, 3.63) is 47.2 Å². The second kappa shape index (κ2) is 11.2. The number of unbranched alkanes of at least 4 members (excludes halogenated alkanes) is 2. The van der Waals surface area contributed by atoms with Crippen LogP contribution in [0.15, 0.2) is 47.2 Å². The van der Waals surface area contributed by atoms with Crippen LogP contribution in [0.4, 0.5) is 5.69 Å². The van der Waals surface area contributed by atoms with Gasteiger partial charge < -0.3 is 9.64 Å². The van der Waals surface area contributed by atoms with Gasteiger partial charge in [0.25, 0.3) is 26.1 Å². The molecule has 0 spiro atoms. The highest BCUT2D eigenvalue weighted by molar-refractivity contribution is 8.26. The molecule has 3 rings (SSSR count). The lowest BCUT2D eigenvalue weighted by Crippen LogP contribution is -2.29. The summed E-state index contributed by atoms with van der Waals surface area (Å²) >= 11 is 6.40. The van der Waals surface area contributed by atoms with Gasteiger partial charge in [-0.3, -0.25) is 18.8 Å². The molecule has 0 radical (unpaired) electrons. The average Bonchev–Trinajstić information content (AvgIpc) is 3.22. The maximum absolute atomic E-state index is 12.7. The number of hydrogen-bond donors (Lipinski definition) is 2. The number of thiocarbonyl (C=S) groups is 1. The Morgan fingerprint density at radius 1 is 0.912 bits per heavy atom. The van der Waals surface area contributed by atoms with Crippen molar-refractivity contribution < 1.29 is 35.5 Å². The van der Waals surface area contributed by atoms with Gasteiger partial charge in [-0.1, -0.05) is 36.1 Å². The summed E-state index contributed by atoms with van der Waals surface area (Å²) in [6.45, 7) is 0.691. The third-order valence-corrected chi connectivity index (χ3v) is 7.96. The van der Waals surface area contributed by atoms with E-state index >= 15 is 0 Å². The minimum absolute atomic E-state index is 0.206. The molecule has 186 valence electrons. The molecule has 1 aromatic carbocycles. The molecule has 1 aromatic rings. The smallest absolute Gasteiger partial charge is 0.266 e. The molecule has 1 amide bonds. The van der Waals surface area contributed by atoms with Gasteiger partial charge in [-0.2, -0.15) is 16.8 Å². The lowest BCUT2D eigenvalue weighted by Gasteiger charge is -2.17. The number of rotatable bonds is 11. The first kappa shape index (κ1) is 26.6. The number of hydrogen-bond acceptors (Lipinski definition) is 9. The van der Waals surface area contributed by atoms with Crippen LogP contribution in [0, 0.1) is 0 Å². The minimum Gasteiger partial charge on any atom is -0.439 e. The molecule has 0 unspecified atom stereocenters. The van der Waals surface area contributed by atoms with Crippen LogP contribution < -0.4 is 9.64 Å². The average molecular weight is 549 g/mol. The van der Waals surface area contributed by atoms with E-state index < -0.39 is 20.2 Å². The standard InChI is InChI=1S/C20H24N2O8S4/c23-19-17(32-20(31)22(19)12-4-6-14-34(27,28)29)9-10-18-21(11-3-5-13-33(24,25)26)15-7-1-2-8-16(15)30-18/h1-2,7-10H,3-6,11-14H2,(H,24,25,26)(H,27,28,29). The van der Waals surface area contributed by atoms with Gasteiger partial charge in [0.05, 0.1) is 22.1 Å². The van der Waals surface area contributed by atoms with Crippen LogP contribution in [0.2, 0.25) is 0 Å². The Kier molecular flexibility index (Phi) is 8.76.